The number of aliphatic imine (C=N–C) groups is 1. The Labute approximate surface area is 136 Å². The number of nitrogens with zero attached hydrogens (tertiary/aromatic N) is 2. The van der Waals surface area contributed by atoms with Crippen molar-refractivity contribution in [1.29, 1.82) is 0 Å². The second kappa shape index (κ2) is 8.00. The lowest BCUT2D eigenvalue weighted by Gasteiger charge is -2.08. The molecule has 8 heteroatoms. The Morgan fingerprint density at radius 1 is 1.21 bits per heavy atom. The Balaban J connectivity index is 1.93. The van der Waals surface area contributed by atoms with E-state index in [9.17, 15) is 24.0 Å². The number of rotatable bonds is 7. The minimum absolute atomic E-state index is 0.0739. The van der Waals surface area contributed by atoms with E-state index in [0.29, 0.717) is 13.0 Å². The lowest BCUT2D eigenvalue weighted by Crippen LogP contribution is -2.02. The molecule has 0 atom stereocenters. The first-order valence-corrected chi connectivity index (χ1v) is 6.95. The number of nitro benzene ring substituents is 1. The summed E-state index contributed by atoms with van der Waals surface area (Å²) >= 11 is 0. The number of hydrogen-bond donors (Lipinski definition) is 0. The van der Waals surface area contributed by atoms with E-state index in [-0.39, 0.29) is 22.7 Å². The number of benzene rings is 2. The van der Waals surface area contributed by atoms with Gasteiger partial charge in [0.05, 0.1) is 4.92 Å². The van der Waals surface area contributed by atoms with Gasteiger partial charge in [-0.25, -0.2) is 0 Å². The SMILES string of the molecule is O=[N+]([O-])c1ccc([O-])c(C=NCCc2ccc(OC(F)F)cc2)c1. The maximum atomic E-state index is 12.0. The molecule has 0 fully saturated rings. The molecule has 0 aliphatic carbocycles. The van der Waals surface area contributed by atoms with Crippen LogP contribution in [0.1, 0.15) is 11.1 Å². The van der Waals surface area contributed by atoms with Gasteiger partial charge in [-0.2, -0.15) is 8.78 Å². The highest BCUT2D eigenvalue weighted by atomic mass is 19.3. The van der Waals surface area contributed by atoms with Gasteiger partial charge in [-0.3, -0.25) is 15.1 Å². The first-order chi connectivity index (χ1) is 11.5. The predicted molar refractivity (Wildman–Crippen MR) is 81.8 cm³/mol. The van der Waals surface area contributed by atoms with Gasteiger partial charge in [-0.05, 0) is 29.7 Å². The molecule has 24 heavy (non-hydrogen) atoms. The molecule has 0 amide bonds. The third-order valence-electron chi connectivity index (χ3n) is 3.11. The van der Waals surface area contributed by atoms with Gasteiger partial charge >= 0.3 is 6.61 Å². The number of ether oxygens (including phenoxy) is 1. The van der Waals surface area contributed by atoms with Crippen LogP contribution in [0.3, 0.4) is 0 Å². The third kappa shape index (κ3) is 5.01. The summed E-state index contributed by atoms with van der Waals surface area (Å²) in [5.74, 6) is -0.275. The summed E-state index contributed by atoms with van der Waals surface area (Å²) in [7, 11) is 0. The van der Waals surface area contributed by atoms with Crippen molar-refractivity contribution in [2.45, 2.75) is 13.0 Å². The summed E-state index contributed by atoms with van der Waals surface area (Å²) in [6, 6.07) is 9.58. The molecule has 0 bridgehead atoms. The number of non-ortho nitro benzene ring substituents is 1. The zero-order valence-electron chi connectivity index (χ0n) is 12.4. The highest BCUT2D eigenvalue weighted by Gasteiger charge is 2.05. The van der Waals surface area contributed by atoms with Crippen molar-refractivity contribution in [1.82, 2.24) is 0 Å². The highest BCUT2D eigenvalue weighted by Crippen LogP contribution is 2.19. The van der Waals surface area contributed by atoms with Crippen molar-refractivity contribution in [3.8, 4) is 11.5 Å². The molecular formula is C16H13F2N2O4-. The molecule has 0 aliphatic rings. The van der Waals surface area contributed by atoms with E-state index in [4.69, 9.17) is 0 Å². The van der Waals surface area contributed by atoms with Crippen molar-refractivity contribution in [2.24, 2.45) is 4.99 Å². The van der Waals surface area contributed by atoms with Gasteiger partial charge in [0.2, 0.25) is 0 Å². The highest BCUT2D eigenvalue weighted by molar-refractivity contribution is 5.84. The maximum absolute atomic E-state index is 12.0. The zero-order chi connectivity index (χ0) is 17.5. The largest absolute Gasteiger partial charge is 0.872 e. The Hall–Kier alpha value is -3.03. The summed E-state index contributed by atoms with van der Waals surface area (Å²) in [5, 5.41) is 22.3. The van der Waals surface area contributed by atoms with Crippen LogP contribution in [0.5, 0.6) is 11.5 Å². The lowest BCUT2D eigenvalue weighted by molar-refractivity contribution is -0.385. The van der Waals surface area contributed by atoms with Crippen LogP contribution in [0, 0.1) is 10.1 Å². The van der Waals surface area contributed by atoms with E-state index in [1.165, 1.54) is 24.4 Å². The summed E-state index contributed by atoms with van der Waals surface area (Å²) < 4.78 is 28.3. The van der Waals surface area contributed by atoms with Crippen LogP contribution in [0.2, 0.25) is 0 Å². The average molecular weight is 335 g/mol. The third-order valence-corrected chi connectivity index (χ3v) is 3.11. The lowest BCUT2D eigenvalue weighted by atomic mass is 10.1. The molecule has 0 radical (unpaired) electrons. The quantitative estimate of drug-likeness (QED) is 0.442. The molecule has 0 unspecified atom stereocenters. The van der Waals surface area contributed by atoms with Gasteiger partial charge in [0.25, 0.3) is 5.69 Å². The van der Waals surface area contributed by atoms with Crippen LogP contribution in [0.25, 0.3) is 0 Å². The second-order valence-electron chi connectivity index (χ2n) is 4.79. The van der Waals surface area contributed by atoms with Crippen LogP contribution in [-0.4, -0.2) is 24.3 Å². The molecule has 126 valence electrons. The van der Waals surface area contributed by atoms with Crippen LogP contribution in [0.4, 0.5) is 14.5 Å². The monoisotopic (exact) mass is 335 g/mol. The van der Waals surface area contributed by atoms with Crippen LogP contribution < -0.4 is 9.84 Å². The van der Waals surface area contributed by atoms with E-state index in [2.05, 4.69) is 9.73 Å². The molecule has 0 heterocycles. The van der Waals surface area contributed by atoms with Gasteiger partial charge < -0.3 is 9.84 Å². The standard InChI is InChI=1S/C16H14F2N2O4/c17-16(18)24-14-4-1-11(2-5-14)7-8-19-10-12-9-13(20(22)23)3-6-15(12)21/h1-6,9-10,16,21H,7-8H2/p-1. The molecule has 0 spiro atoms. The Kier molecular flexibility index (Phi) is 5.78. The Morgan fingerprint density at radius 2 is 1.92 bits per heavy atom. The number of hydrogen-bond acceptors (Lipinski definition) is 5. The molecule has 2 aromatic carbocycles. The summed E-state index contributed by atoms with van der Waals surface area (Å²) in [6.45, 7) is -2.52. The molecule has 0 N–H and O–H groups in total. The van der Waals surface area contributed by atoms with E-state index in [1.807, 2.05) is 0 Å². The van der Waals surface area contributed by atoms with Crippen molar-refractivity contribution in [3.63, 3.8) is 0 Å². The first kappa shape index (κ1) is 17.3. The van der Waals surface area contributed by atoms with E-state index < -0.39 is 11.5 Å². The van der Waals surface area contributed by atoms with E-state index >= 15 is 0 Å². The summed E-state index contributed by atoms with van der Waals surface area (Å²) in [5.41, 5.74) is 0.825. The van der Waals surface area contributed by atoms with Gasteiger partial charge in [0.15, 0.2) is 0 Å². The summed E-state index contributed by atoms with van der Waals surface area (Å²) in [6.07, 6.45) is 1.82. The topological polar surface area (TPSA) is 87.8 Å². The average Bonchev–Trinajstić information content (AvgIpc) is 2.54. The smallest absolute Gasteiger partial charge is 0.387 e. The van der Waals surface area contributed by atoms with Crippen LogP contribution in [0.15, 0.2) is 47.5 Å². The van der Waals surface area contributed by atoms with Gasteiger partial charge in [0.1, 0.15) is 5.75 Å². The fourth-order valence-electron chi connectivity index (χ4n) is 1.94. The first-order valence-electron chi connectivity index (χ1n) is 6.95. The van der Waals surface area contributed by atoms with Gasteiger partial charge in [-0.15, -0.1) is 0 Å². The molecule has 6 nitrogen and oxygen atoms in total. The molecule has 0 saturated carbocycles. The van der Waals surface area contributed by atoms with Crippen LogP contribution >= 0.6 is 0 Å². The molecule has 0 saturated heterocycles. The molecular weight excluding hydrogens is 322 g/mol. The molecule has 2 aromatic rings. The number of halogens is 2. The Bertz CT molecular complexity index is 733. The number of nitro groups is 1. The normalized spacial score (nSPS) is 11.1. The predicted octanol–water partition coefficient (Wildman–Crippen LogP) is 2.93. The van der Waals surface area contributed by atoms with Crippen molar-refractivity contribution >= 4 is 11.9 Å². The fourth-order valence-corrected chi connectivity index (χ4v) is 1.94. The van der Waals surface area contributed by atoms with Crippen molar-refractivity contribution in [3.05, 3.63) is 63.7 Å². The van der Waals surface area contributed by atoms with Crippen LogP contribution in [-0.2, 0) is 6.42 Å². The Morgan fingerprint density at radius 3 is 2.54 bits per heavy atom. The minimum atomic E-state index is -2.86. The van der Waals surface area contributed by atoms with E-state index in [1.54, 1.807) is 12.1 Å². The van der Waals surface area contributed by atoms with Gasteiger partial charge in [-0.1, -0.05) is 23.9 Å². The zero-order valence-corrected chi connectivity index (χ0v) is 12.4. The van der Waals surface area contributed by atoms with E-state index in [0.717, 1.165) is 17.7 Å². The number of alkyl halides is 2. The maximum Gasteiger partial charge on any atom is 0.387 e. The van der Waals surface area contributed by atoms with Gasteiger partial charge in [0, 0.05) is 24.9 Å². The fraction of sp³-hybridized carbons (Fsp3) is 0.188. The minimum Gasteiger partial charge on any atom is -0.872 e. The van der Waals surface area contributed by atoms with Crippen molar-refractivity contribution in [2.75, 3.05) is 6.54 Å². The summed E-state index contributed by atoms with van der Waals surface area (Å²) in [4.78, 5) is 14.2. The second-order valence-corrected chi connectivity index (χ2v) is 4.79. The molecule has 2 rings (SSSR count). The molecule has 0 aliphatic heterocycles. The molecule has 0 aromatic heterocycles. The van der Waals surface area contributed by atoms with Crippen molar-refractivity contribution < 1.29 is 23.5 Å².